The monoisotopic (exact) mass is 709 g/mol. The Hall–Kier alpha value is -5.71. The van der Waals surface area contributed by atoms with Crippen molar-refractivity contribution in [1.29, 1.82) is 0 Å². The molecule has 1 aromatic heterocycles. The maximum atomic E-state index is 13.9. The molecular weight excluding hydrogens is 667 g/mol. The molecule has 3 heterocycles. The molecular formula is C42H43N7O4. The molecule has 270 valence electrons. The zero-order chi connectivity index (χ0) is 36.8. The fourth-order valence-corrected chi connectivity index (χ4v) is 8.50. The molecule has 0 atom stereocenters. The number of benzene rings is 5. The van der Waals surface area contributed by atoms with E-state index in [2.05, 4.69) is 21.9 Å². The van der Waals surface area contributed by atoms with Gasteiger partial charge >= 0.3 is 0 Å². The Morgan fingerprint density at radius 2 is 0.811 bits per heavy atom. The van der Waals surface area contributed by atoms with E-state index in [4.69, 9.17) is 11.5 Å². The predicted molar refractivity (Wildman–Crippen MR) is 207 cm³/mol. The van der Waals surface area contributed by atoms with Gasteiger partial charge in [-0.05, 0) is 69.4 Å². The van der Waals surface area contributed by atoms with Crippen LogP contribution in [0.5, 0.6) is 0 Å². The number of fused-ring (bicyclic) bond motifs is 2. The van der Waals surface area contributed by atoms with Crippen LogP contribution >= 0.6 is 0 Å². The molecule has 0 bridgehead atoms. The molecule has 0 spiro atoms. The van der Waals surface area contributed by atoms with Gasteiger partial charge in [-0.15, -0.1) is 0 Å². The number of carbonyl (C=O) groups excluding carboxylic acids is 4. The molecule has 53 heavy (non-hydrogen) atoms. The van der Waals surface area contributed by atoms with Crippen LogP contribution in [0.25, 0.3) is 43.1 Å². The molecule has 0 aliphatic carbocycles. The molecule has 2 aliphatic rings. The van der Waals surface area contributed by atoms with Gasteiger partial charge < -0.3 is 11.5 Å². The molecule has 4 N–H and O–H groups in total. The molecule has 0 unspecified atom stereocenters. The highest BCUT2D eigenvalue weighted by Gasteiger charge is 2.36. The standard InChI is InChI=1S/C42H43N7O4/c1-2-3-4-5-6-7-8-9-10-11-22-48-37(50)28-18-14-24-26-16-20-30-36-31(21-17-27(34(26)36)25-15-19-29(38(48)51)35(28)33(24)25)40(53)49(39(30)52)23-12-13-32-45-41(43)47-42(44)46-32/h14-21H,2-13,22-23H2,1H3,(H4,43,44,45,46,47). The van der Waals surface area contributed by atoms with Gasteiger partial charge in [-0.1, -0.05) is 89.0 Å². The Morgan fingerprint density at radius 1 is 0.453 bits per heavy atom. The summed E-state index contributed by atoms with van der Waals surface area (Å²) in [7, 11) is 0. The fourth-order valence-electron chi connectivity index (χ4n) is 8.50. The van der Waals surface area contributed by atoms with Crippen LogP contribution in [0.15, 0.2) is 48.5 Å². The van der Waals surface area contributed by atoms with E-state index in [1.54, 1.807) is 12.1 Å². The third-order valence-electron chi connectivity index (χ3n) is 11.0. The first-order valence-electron chi connectivity index (χ1n) is 19.0. The number of aryl methyl sites for hydroxylation is 1. The molecule has 5 aromatic carbocycles. The van der Waals surface area contributed by atoms with E-state index in [1.807, 2.05) is 36.4 Å². The van der Waals surface area contributed by atoms with Crippen molar-refractivity contribution in [3.8, 4) is 0 Å². The Labute approximate surface area is 307 Å². The predicted octanol–water partition coefficient (Wildman–Crippen LogP) is 7.83. The van der Waals surface area contributed by atoms with Gasteiger partial charge in [-0.2, -0.15) is 15.0 Å². The van der Waals surface area contributed by atoms with Gasteiger partial charge in [0.25, 0.3) is 23.6 Å². The van der Waals surface area contributed by atoms with Gasteiger partial charge in [-0.3, -0.25) is 29.0 Å². The van der Waals surface area contributed by atoms with Crippen molar-refractivity contribution in [2.24, 2.45) is 0 Å². The Kier molecular flexibility index (Phi) is 9.10. The first-order chi connectivity index (χ1) is 25.8. The van der Waals surface area contributed by atoms with Crippen molar-refractivity contribution in [3.63, 3.8) is 0 Å². The second-order valence-corrected chi connectivity index (χ2v) is 14.4. The van der Waals surface area contributed by atoms with Gasteiger partial charge in [0.15, 0.2) is 0 Å². The van der Waals surface area contributed by atoms with E-state index >= 15 is 0 Å². The number of nitrogen functional groups attached to an aromatic ring is 2. The quantitative estimate of drug-likeness (QED) is 0.0468. The summed E-state index contributed by atoms with van der Waals surface area (Å²) in [5.41, 5.74) is 13.4. The van der Waals surface area contributed by atoms with Crippen LogP contribution in [-0.4, -0.2) is 61.5 Å². The van der Waals surface area contributed by atoms with Crippen molar-refractivity contribution in [2.75, 3.05) is 24.6 Å². The number of hydrogen-bond acceptors (Lipinski definition) is 9. The lowest BCUT2D eigenvalue weighted by atomic mass is 9.82. The lowest BCUT2D eigenvalue weighted by Gasteiger charge is -2.30. The maximum absolute atomic E-state index is 13.9. The van der Waals surface area contributed by atoms with Crippen LogP contribution in [-0.2, 0) is 6.42 Å². The highest BCUT2D eigenvalue weighted by Crippen LogP contribution is 2.46. The van der Waals surface area contributed by atoms with Crippen LogP contribution in [0.1, 0.15) is 125 Å². The normalized spacial score (nSPS) is 14.3. The molecule has 4 amide bonds. The summed E-state index contributed by atoms with van der Waals surface area (Å²) in [6.45, 7) is 2.81. The summed E-state index contributed by atoms with van der Waals surface area (Å²) in [5, 5.41) is 6.45. The molecule has 11 heteroatoms. The van der Waals surface area contributed by atoms with Gasteiger partial charge in [0, 0.05) is 52.5 Å². The number of unbranched alkanes of at least 4 members (excludes halogenated alkanes) is 9. The summed E-state index contributed by atoms with van der Waals surface area (Å²) in [4.78, 5) is 70.3. The third-order valence-corrected chi connectivity index (χ3v) is 11.0. The van der Waals surface area contributed by atoms with Crippen molar-refractivity contribution < 1.29 is 19.2 Å². The number of carbonyl (C=O) groups is 4. The Bertz CT molecular complexity index is 2320. The number of amides is 4. The van der Waals surface area contributed by atoms with E-state index in [-0.39, 0.29) is 42.1 Å². The second-order valence-electron chi connectivity index (χ2n) is 14.4. The zero-order valence-electron chi connectivity index (χ0n) is 30.0. The van der Waals surface area contributed by atoms with Crippen LogP contribution in [0, 0.1) is 0 Å². The number of nitrogens with zero attached hydrogens (tertiary/aromatic N) is 5. The summed E-state index contributed by atoms with van der Waals surface area (Å²) in [6.07, 6.45) is 12.6. The maximum Gasteiger partial charge on any atom is 0.261 e. The SMILES string of the molecule is CCCCCCCCCCCCN1C(=O)c2ccc3c4ccc5c6c(ccc(c7ccc(c2c37)C1=O)c64)C(=O)N(CCCc1nc(N)nc(N)n1)C5=O. The highest BCUT2D eigenvalue weighted by atomic mass is 16.2. The first-order valence-corrected chi connectivity index (χ1v) is 19.0. The van der Waals surface area contributed by atoms with Crippen LogP contribution in [0.3, 0.4) is 0 Å². The average Bonchev–Trinajstić information content (AvgIpc) is 3.15. The third kappa shape index (κ3) is 5.88. The minimum atomic E-state index is -0.365. The topological polar surface area (TPSA) is 165 Å². The summed E-state index contributed by atoms with van der Waals surface area (Å²) >= 11 is 0. The van der Waals surface area contributed by atoms with Crippen LogP contribution in [0.4, 0.5) is 11.9 Å². The molecule has 0 saturated heterocycles. The molecule has 11 nitrogen and oxygen atoms in total. The number of hydrogen-bond donors (Lipinski definition) is 2. The smallest absolute Gasteiger partial charge is 0.261 e. The summed E-state index contributed by atoms with van der Waals surface area (Å²) < 4.78 is 0. The molecule has 0 radical (unpaired) electrons. The number of anilines is 2. The fraction of sp³-hybridized carbons (Fsp3) is 0.357. The number of aromatic nitrogens is 3. The molecule has 8 rings (SSSR count). The van der Waals surface area contributed by atoms with E-state index in [0.717, 1.165) is 51.6 Å². The van der Waals surface area contributed by atoms with Crippen molar-refractivity contribution >= 4 is 78.6 Å². The first kappa shape index (κ1) is 34.4. The van der Waals surface area contributed by atoms with Crippen LogP contribution < -0.4 is 11.5 Å². The average molecular weight is 710 g/mol. The van der Waals surface area contributed by atoms with Crippen molar-refractivity contribution in [1.82, 2.24) is 24.8 Å². The summed E-state index contributed by atoms with van der Waals surface area (Å²) in [5.74, 6) is -0.796. The zero-order valence-corrected chi connectivity index (χ0v) is 30.0. The molecule has 0 fully saturated rings. The number of rotatable bonds is 15. The lowest BCUT2D eigenvalue weighted by Crippen LogP contribution is -2.41. The Balaban J connectivity index is 1.06. The van der Waals surface area contributed by atoms with Gasteiger partial charge in [0.1, 0.15) is 5.82 Å². The minimum Gasteiger partial charge on any atom is -0.368 e. The van der Waals surface area contributed by atoms with Gasteiger partial charge in [0.05, 0.1) is 0 Å². The van der Waals surface area contributed by atoms with Gasteiger partial charge in [0.2, 0.25) is 11.9 Å². The van der Waals surface area contributed by atoms with E-state index in [9.17, 15) is 19.2 Å². The molecule has 2 aliphatic heterocycles. The van der Waals surface area contributed by atoms with Crippen molar-refractivity contribution in [3.05, 3.63) is 76.6 Å². The Morgan fingerprint density at radius 3 is 1.21 bits per heavy atom. The minimum absolute atomic E-state index is 0.0212. The van der Waals surface area contributed by atoms with E-state index in [1.165, 1.54) is 54.7 Å². The second kappa shape index (κ2) is 14.0. The van der Waals surface area contributed by atoms with E-state index in [0.29, 0.717) is 58.2 Å². The van der Waals surface area contributed by atoms with E-state index < -0.39 is 0 Å². The molecule has 6 aromatic rings. The number of nitrogens with two attached hydrogens (primary N) is 2. The highest BCUT2D eigenvalue weighted by molar-refractivity contribution is 6.41. The number of imide groups is 2. The largest absolute Gasteiger partial charge is 0.368 e. The lowest BCUT2D eigenvalue weighted by molar-refractivity contribution is 0.0593. The van der Waals surface area contributed by atoms with Gasteiger partial charge in [-0.25, -0.2) is 0 Å². The summed E-state index contributed by atoms with van der Waals surface area (Å²) in [6, 6.07) is 15.0. The van der Waals surface area contributed by atoms with Crippen LogP contribution in [0.2, 0.25) is 0 Å². The molecule has 0 saturated carbocycles. The van der Waals surface area contributed by atoms with Crippen molar-refractivity contribution in [2.45, 2.75) is 84.0 Å².